The first kappa shape index (κ1) is 22.8. The van der Waals surface area contributed by atoms with Crippen molar-refractivity contribution in [2.45, 2.75) is 34.0 Å². The highest BCUT2D eigenvalue weighted by Crippen LogP contribution is 2.25. The standard InChI is InChI=1S/C24H29ClN4O2/c1-5-28(6-2)15-18-13-20(8-10-24(18)31)26-22-11-12-29(16-27(4)17(3)30)23-14-19(25)7-9-21(22)23/h7-14,31H,5-6,15-16H2,1-4H3. The topological polar surface area (TPSA) is 61.1 Å². The van der Waals surface area contributed by atoms with E-state index in [4.69, 9.17) is 16.6 Å². The molecule has 0 aliphatic carbocycles. The molecule has 0 radical (unpaired) electrons. The van der Waals surface area contributed by atoms with E-state index in [1.807, 2.05) is 47.2 Å². The summed E-state index contributed by atoms with van der Waals surface area (Å²) in [6.45, 7) is 8.67. The molecule has 1 heterocycles. The van der Waals surface area contributed by atoms with Gasteiger partial charge in [-0.3, -0.25) is 9.69 Å². The van der Waals surface area contributed by atoms with Crippen molar-refractivity contribution >= 4 is 34.1 Å². The van der Waals surface area contributed by atoms with Crippen LogP contribution in [-0.2, 0) is 18.0 Å². The third-order valence-electron chi connectivity index (χ3n) is 5.46. The minimum atomic E-state index is -0.0127. The molecule has 0 atom stereocenters. The van der Waals surface area contributed by atoms with E-state index in [2.05, 4.69) is 18.7 Å². The summed E-state index contributed by atoms with van der Waals surface area (Å²) in [4.78, 5) is 20.4. The average molecular weight is 441 g/mol. The predicted octanol–water partition coefficient (Wildman–Crippen LogP) is 4.51. The number of amides is 1. The lowest BCUT2D eigenvalue weighted by Crippen LogP contribution is -2.27. The van der Waals surface area contributed by atoms with Gasteiger partial charge in [-0.1, -0.05) is 25.4 Å². The van der Waals surface area contributed by atoms with Crippen LogP contribution < -0.4 is 5.36 Å². The number of benzene rings is 2. The highest BCUT2D eigenvalue weighted by Gasteiger charge is 2.09. The summed E-state index contributed by atoms with van der Waals surface area (Å²) in [5.41, 5.74) is 2.52. The van der Waals surface area contributed by atoms with Crippen LogP contribution in [0.1, 0.15) is 26.3 Å². The minimum absolute atomic E-state index is 0.0127. The number of halogens is 1. The zero-order chi connectivity index (χ0) is 22.5. The third-order valence-corrected chi connectivity index (χ3v) is 5.70. The Morgan fingerprint density at radius 3 is 2.55 bits per heavy atom. The summed E-state index contributed by atoms with van der Waals surface area (Å²) in [5, 5.41) is 12.6. The molecule has 1 aromatic heterocycles. The highest BCUT2D eigenvalue weighted by atomic mass is 35.5. The average Bonchev–Trinajstić information content (AvgIpc) is 2.75. The first-order valence-electron chi connectivity index (χ1n) is 10.4. The molecule has 1 N–H and O–H groups in total. The van der Waals surface area contributed by atoms with Crippen molar-refractivity contribution in [3.8, 4) is 5.75 Å². The summed E-state index contributed by atoms with van der Waals surface area (Å²) >= 11 is 6.26. The molecule has 0 bridgehead atoms. The van der Waals surface area contributed by atoms with E-state index >= 15 is 0 Å². The number of hydrogen-bond acceptors (Lipinski definition) is 4. The number of carbonyl (C=O) groups is 1. The van der Waals surface area contributed by atoms with Crippen molar-refractivity contribution < 1.29 is 9.90 Å². The van der Waals surface area contributed by atoms with E-state index in [1.165, 1.54) is 0 Å². The van der Waals surface area contributed by atoms with Gasteiger partial charge in [-0.05, 0) is 55.6 Å². The van der Waals surface area contributed by atoms with Gasteiger partial charge in [0, 0.05) is 42.7 Å². The quantitative estimate of drug-likeness (QED) is 0.588. The largest absolute Gasteiger partial charge is 0.508 e. The Morgan fingerprint density at radius 1 is 1.13 bits per heavy atom. The molecule has 0 fully saturated rings. The molecule has 0 spiro atoms. The number of phenols is 1. The molecule has 6 nitrogen and oxygen atoms in total. The van der Waals surface area contributed by atoms with Crippen molar-refractivity contribution in [2.75, 3.05) is 20.1 Å². The Hall–Kier alpha value is -2.83. The van der Waals surface area contributed by atoms with Crippen LogP contribution in [0.5, 0.6) is 5.75 Å². The minimum Gasteiger partial charge on any atom is -0.508 e. The maximum absolute atomic E-state index is 11.7. The summed E-state index contributed by atoms with van der Waals surface area (Å²) in [6.07, 6.45) is 1.91. The van der Waals surface area contributed by atoms with Crippen molar-refractivity contribution in [3.63, 3.8) is 0 Å². The number of rotatable bonds is 7. The molecule has 0 unspecified atom stereocenters. The van der Waals surface area contributed by atoms with Crippen molar-refractivity contribution in [3.05, 3.63) is 64.6 Å². The van der Waals surface area contributed by atoms with Crippen LogP contribution in [0.3, 0.4) is 0 Å². The number of pyridine rings is 1. The van der Waals surface area contributed by atoms with Crippen LogP contribution in [0.25, 0.3) is 10.9 Å². The van der Waals surface area contributed by atoms with E-state index in [9.17, 15) is 9.90 Å². The van der Waals surface area contributed by atoms with Crippen LogP contribution in [-0.4, -0.2) is 45.5 Å². The van der Waals surface area contributed by atoms with E-state index in [1.54, 1.807) is 24.9 Å². The molecule has 0 saturated carbocycles. The Kier molecular flexibility index (Phi) is 7.36. The van der Waals surface area contributed by atoms with E-state index in [-0.39, 0.29) is 11.7 Å². The molecule has 3 aromatic rings. The molecule has 1 amide bonds. The maximum Gasteiger partial charge on any atom is 0.220 e. The van der Waals surface area contributed by atoms with Gasteiger partial charge in [-0.15, -0.1) is 0 Å². The molecule has 2 aromatic carbocycles. The fourth-order valence-corrected chi connectivity index (χ4v) is 3.60. The monoisotopic (exact) mass is 440 g/mol. The van der Waals surface area contributed by atoms with Crippen LogP contribution in [0.15, 0.2) is 53.7 Å². The SMILES string of the molecule is CCN(CC)Cc1cc(N=c2ccn(CN(C)C(C)=O)c3cc(Cl)ccc23)ccc1O. The molecular weight excluding hydrogens is 412 g/mol. The van der Waals surface area contributed by atoms with E-state index in [0.717, 1.165) is 40.6 Å². The number of carbonyl (C=O) groups excluding carboxylic acids is 1. The number of hydrogen-bond donors (Lipinski definition) is 1. The lowest BCUT2D eigenvalue weighted by atomic mass is 10.1. The van der Waals surface area contributed by atoms with Crippen LogP contribution in [0.4, 0.5) is 5.69 Å². The fourth-order valence-electron chi connectivity index (χ4n) is 3.43. The fraction of sp³-hybridized carbons (Fsp3) is 0.333. The van der Waals surface area contributed by atoms with Gasteiger partial charge in [0.25, 0.3) is 0 Å². The molecule has 0 aliphatic rings. The van der Waals surface area contributed by atoms with E-state index < -0.39 is 0 Å². The molecule has 7 heteroatoms. The van der Waals surface area contributed by atoms with Crippen LogP contribution in [0.2, 0.25) is 5.02 Å². The Balaban J connectivity index is 2.08. The predicted molar refractivity (Wildman–Crippen MR) is 125 cm³/mol. The molecule has 0 aliphatic heterocycles. The number of aromatic hydroxyl groups is 1. The number of aromatic nitrogens is 1. The zero-order valence-corrected chi connectivity index (χ0v) is 19.2. The Bertz CT molecular complexity index is 1150. The molecule has 0 saturated heterocycles. The van der Waals surface area contributed by atoms with Gasteiger partial charge in [0.1, 0.15) is 5.75 Å². The molecule has 3 rings (SSSR count). The van der Waals surface area contributed by atoms with Gasteiger partial charge in [-0.2, -0.15) is 0 Å². The number of phenolic OH excluding ortho intramolecular Hbond substituents is 1. The van der Waals surface area contributed by atoms with Gasteiger partial charge >= 0.3 is 0 Å². The lowest BCUT2D eigenvalue weighted by molar-refractivity contribution is -0.128. The van der Waals surface area contributed by atoms with Gasteiger partial charge in [0.05, 0.1) is 23.2 Å². The number of fused-ring (bicyclic) bond motifs is 1. The van der Waals surface area contributed by atoms with Crippen LogP contribution in [0, 0.1) is 0 Å². The Labute approximate surface area is 188 Å². The number of nitrogens with zero attached hydrogens (tertiary/aromatic N) is 4. The van der Waals surface area contributed by atoms with Crippen LogP contribution >= 0.6 is 11.6 Å². The van der Waals surface area contributed by atoms with Gasteiger partial charge < -0.3 is 14.6 Å². The van der Waals surface area contributed by atoms with E-state index in [0.29, 0.717) is 18.2 Å². The second-order valence-corrected chi connectivity index (χ2v) is 8.01. The first-order valence-corrected chi connectivity index (χ1v) is 10.8. The summed E-state index contributed by atoms with van der Waals surface area (Å²) in [5.74, 6) is 0.266. The van der Waals surface area contributed by atoms with Gasteiger partial charge in [0.2, 0.25) is 5.91 Å². The second-order valence-electron chi connectivity index (χ2n) is 7.58. The molecular formula is C24H29ClN4O2. The summed E-state index contributed by atoms with van der Waals surface area (Å²) < 4.78 is 1.98. The molecule has 164 valence electrons. The normalized spacial score (nSPS) is 12.0. The van der Waals surface area contributed by atoms with Crippen molar-refractivity contribution in [1.29, 1.82) is 0 Å². The smallest absolute Gasteiger partial charge is 0.220 e. The maximum atomic E-state index is 11.7. The highest BCUT2D eigenvalue weighted by molar-refractivity contribution is 6.31. The van der Waals surface area contributed by atoms with Crippen molar-refractivity contribution in [2.24, 2.45) is 4.99 Å². The first-order chi connectivity index (χ1) is 14.8. The third kappa shape index (κ3) is 5.46. The zero-order valence-electron chi connectivity index (χ0n) is 18.5. The summed E-state index contributed by atoms with van der Waals surface area (Å²) in [7, 11) is 1.76. The Morgan fingerprint density at radius 2 is 1.87 bits per heavy atom. The second kappa shape index (κ2) is 9.98. The van der Waals surface area contributed by atoms with Gasteiger partial charge in [0.15, 0.2) is 0 Å². The van der Waals surface area contributed by atoms with Gasteiger partial charge in [-0.25, -0.2) is 4.99 Å². The summed E-state index contributed by atoms with van der Waals surface area (Å²) in [6, 6.07) is 13.0. The molecule has 31 heavy (non-hydrogen) atoms. The van der Waals surface area contributed by atoms with Crippen molar-refractivity contribution in [1.82, 2.24) is 14.4 Å². The lowest BCUT2D eigenvalue weighted by Gasteiger charge is -2.19.